The number of ether oxygens (including phenoxy) is 1. The van der Waals surface area contributed by atoms with Crippen molar-refractivity contribution in [2.75, 3.05) is 5.32 Å². The number of hydrogen-bond donors (Lipinski definition) is 3. The summed E-state index contributed by atoms with van der Waals surface area (Å²) in [5.74, 6) is 0.484. The minimum atomic E-state index is -4.44. The van der Waals surface area contributed by atoms with Gasteiger partial charge in [-0.3, -0.25) is 0 Å². The van der Waals surface area contributed by atoms with Crippen molar-refractivity contribution in [3.05, 3.63) is 60.2 Å². The highest BCUT2D eigenvalue weighted by molar-refractivity contribution is 5.47. The molecule has 4 N–H and O–H groups in total. The van der Waals surface area contributed by atoms with Crippen LogP contribution in [0.4, 0.5) is 18.9 Å². The second kappa shape index (κ2) is 7.55. The van der Waals surface area contributed by atoms with E-state index in [0.29, 0.717) is 5.75 Å². The Morgan fingerprint density at radius 1 is 1.08 bits per heavy atom. The molecule has 0 fully saturated rings. The van der Waals surface area contributed by atoms with E-state index < -0.39 is 30.1 Å². The van der Waals surface area contributed by atoms with Crippen molar-refractivity contribution in [1.82, 2.24) is 0 Å². The fraction of sp³-hybridized carbons (Fsp3) is 0.294. The van der Waals surface area contributed by atoms with Crippen molar-refractivity contribution in [2.24, 2.45) is 5.73 Å². The minimum absolute atomic E-state index is 0.196. The molecule has 24 heavy (non-hydrogen) atoms. The van der Waals surface area contributed by atoms with Crippen molar-refractivity contribution >= 4 is 5.69 Å². The number of aliphatic hydroxyl groups is 1. The van der Waals surface area contributed by atoms with E-state index in [2.05, 4.69) is 5.32 Å². The normalized spacial score (nSPS) is 15.4. The van der Waals surface area contributed by atoms with Crippen LogP contribution in [0.3, 0.4) is 0 Å². The molecule has 0 radical (unpaired) electrons. The Kier molecular flexibility index (Phi) is 5.69. The third kappa shape index (κ3) is 4.87. The molecule has 0 saturated heterocycles. The van der Waals surface area contributed by atoms with E-state index in [-0.39, 0.29) is 5.69 Å². The van der Waals surface area contributed by atoms with E-state index in [1.807, 2.05) is 0 Å². The number of hydrogen-bond acceptors (Lipinski definition) is 4. The lowest BCUT2D eigenvalue weighted by molar-refractivity contribution is -0.137. The smallest absolute Gasteiger partial charge is 0.416 e. The van der Waals surface area contributed by atoms with Crippen LogP contribution in [-0.4, -0.2) is 23.5 Å². The van der Waals surface area contributed by atoms with Gasteiger partial charge in [0.25, 0.3) is 0 Å². The van der Waals surface area contributed by atoms with Crippen molar-refractivity contribution in [2.45, 2.75) is 31.5 Å². The fourth-order valence-electron chi connectivity index (χ4n) is 2.05. The number of nitrogens with two attached hydrogens (primary N) is 1. The first-order valence-electron chi connectivity index (χ1n) is 7.36. The van der Waals surface area contributed by atoms with Crippen LogP contribution < -0.4 is 15.8 Å². The molecule has 0 spiro atoms. The summed E-state index contributed by atoms with van der Waals surface area (Å²) in [6.07, 6.45) is -6.27. The van der Waals surface area contributed by atoms with Crippen LogP contribution in [0.1, 0.15) is 12.5 Å². The Bertz CT molecular complexity index is 648. The maximum atomic E-state index is 12.8. The van der Waals surface area contributed by atoms with Gasteiger partial charge >= 0.3 is 6.18 Å². The highest BCUT2D eigenvalue weighted by Crippen LogP contribution is 2.31. The van der Waals surface area contributed by atoms with Crippen LogP contribution in [-0.2, 0) is 6.18 Å². The molecule has 3 unspecified atom stereocenters. The summed E-state index contributed by atoms with van der Waals surface area (Å²) in [5, 5.41) is 12.5. The van der Waals surface area contributed by atoms with Gasteiger partial charge in [-0.05, 0) is 37.3 Å². The lowest BCUT2D eigenvalue weighted by atomic mass is 10.1. The summed E-state index contributed by atoms with van der Waals surface area (Å²) >= 11 is 0. The second-order valence-electron chi connectivity index (χ2n) is 5.39. The number of anilines is 1. The molecule has 4 nitrogen and oxygen atoms in total. The SMILES string of the molecule is CC(O)C(N)C(Nc1cccc(C(F)(F)F)c1)Oc1ccccc1. The Morgan fingerprint density at radius 3 is 2.33 bits per heavy atom. The zero-order valence-corrected chi connectivity index (χ0v) is 13.0. The quantitative estimate of drug-likeness (QED) is 0.706. The summed E-state index contributed by atoms with van der Waals surface area (Å²) in [4.78, 5) is 0. The van der Waals surface area contributed by atoms with Crippen LogP contribution >= 0.6 is 0 Å². The zero-order valence-electron chi connectivity index (χ0n) is 13.0. The molecular weight excluding hydrogens is 321 g/mol. The van der Waals surface area contributed by atoms with Crippen LogP contribution in [0.15, 0.2) is 54.6 Å². The fourth-order valence-corrected chi connectivity index (χ4v) is 2.05. The molecule has 0 aliphatic rings. The zero-order chi connectivity index (χ0) is 17.7. The van der Waals surface area contributed by atoms with Crippen molar-refractivity contribution < 1.29 is 23.0 Å². The molecule has 0 aromatic heterocycles. The predicted octanol–water partition coefficient (Wildman–Crippen LogP) is 3.23. The number of nitrogens with one attached hydrogen (secondary N) is 1. The average Bonchev–Trinajstić information content (AvgIpc) is 2.54. The van der Waals surface area contributed by atoms with Gasteiger partial charge in [-0.15, -0.1) is 0 Å². The minimum Gasteiger partial charge on any atom is -0.469 e. The van der Waals surface area contributed by atoms with E-state index in [1.54, 1.807) is 30.3 Å². The largest absolute Gasteiger partial charge is 0.469 e. The van der Waals surface area contributed by atoms with E-state index in [9.17, 15) is 18.3 Å². The van der Waals surface area contributed by atoms with Crippen molar-refractivity contribution in [1.29, 1.82) is 0 Å². The first-order chi connectivity index (χ1) is 11.3. The standard InChI is InChI=1S/C17H19F3N2O2/c1-11(23)15(21)16(24-14-8-3-2-4-9-14)22-13-7-5-6-12(10-13)17(18,19)20/h2-11,15-16,22-23H,21H2,1H3. The molecule has 0 saturated carbocycles. The number of alkyl halides is 3. The van der Waals surface area contributed by atoms with Crippen LogP contribution in [0.2, 0.25) is 0 Å². The van der Waals surface area contributed by atoms with Gasteiger partial charge < -0.3 is 20.9 Å². The summed E-state index contributed by atoms with van der Waals surface area (Å²) in [7, 11) is 0. The van der Waals surface area contributed by atoms with Gasteiger partial charge in [-0.2, -0.15) is 13.2 Å². The molecule has 3 atom stereocenters. The van der Waals surface area contributed by atoms with Crippen LogP contribution in [0.5, 0.6) is 5.75 Å². The highest BCUT2D eigenvalue weighted by atomic mass is 19.4. The number of para-hydroxylation sites is 1. The molecule has 2 rings (SSSR count). The number of benzene rings is 2. The van der Waals surface area contributed by atoms with Crippen LogP contribution in [0.25, 0.3) is 0 Å². The molecule has 130 valence electrons. The Morgan fingerprint density at radius 2 is 1.75 bits per heavy atom. The molecule has 7 heteroatoms. The average molecular weight is 340 g/mol. The maximum absolute atomic E-state index is 12.8. The van der Waals surface area contributed by atoms with Gasteiger partial charge in [0, 0.05) is 5.69 Å². The molecule has 2 aromatic carbocycles. The van der Waals surface area contributed by atoms with Gasteiger partial charge in [0.05, 0.1) is 17.7 Å². The number of halogens is 3. The number of rotatable bonds is 6. The van der Waals surface area contributed by atoms with Crippen molar-refractivity contribution in [3.8, 4) is 5.75 Å². The van der Waals surface area contributed by atoms with Gasteiger partial charge in [0.15, 0.2) is 6.23 Å². The number of aliphatic hydroxyl groups excluding tert-OH is 1. The Hall–Kier alpha value is -2.25. The third-order valence-corrected chi connectivity index (χ3v) is 3.41. The van der Waals surface area contributed by atoms with Gasteiger partial charge in [0.2, 0.25) is 0 Å². The second-order valence-corrected chi connectivity index (χ2v) is 5.39. The maximum Gasteiger partial charge on any atom is 0.416 e. The lowest BCUT2D eigenvalue weighted by Gasteiger charge is -2.28. The molecule has 2 aromatic rings. The van der Waals surface area contributed by atoms with Crippen LogP contribution in [0, 0.1) is 0 Å². The van der Waals surface area contributed by atoms with E-state index in [1.165, 1.54) is 19.1 Å². The van der Waals surface area contributed by atoms with Gasteiger partial charge in [-0.1, -0.05) is 24.3 Å². The third-order valence-electron chi connectivity index (χ3n) is 3.41. The molecular formula is C17H19F3N2O2. The van der Waals surface area contributed by atoms with E-state index in [0.717, 1.165) is 12.1 Å². The summed E-state index contributed by atoms with van der Waals surface area (Å²) in [6.45, 7) is 1.49. The lowest BCUT2D eigenvalue weighted by Crippen LogP contribution is -2.50. The first-order valence-corrected chi connectivity index (χ1v) is 7.36. The van der Waals surface area contributed by atoms with Gasteiger partial charge in [0.1, 0.15) is 5.75 Å². The molecule has 0 heterocycles. The Balaban J connectivity index is 2.22. The summed E-state index contributed by atoms with van der Waals surface area (Å²) in [5.41, 5.74) is 5.34. The molecule has 0 aliphatic heterocycles. The topological polar surface area (TPSA) is 67.5 Å². The predicted molar refractivity (Wildman–Crippen MR) is 85.6 cm³/mol. The molecule has 0 bridgehead atoms. The van der Waals surface area contributed by atoms with E-state index in [4.69, 9.17) is 10.5 Å². The summed E-state index contributed by atoms with van der Waals surface area (Å²) < 4.78 is 44.1. The highest BCUT2D eigenvalue weighted by Gasteiger charge is 2.31. The molecule has 0 aliphatic carbocycles. The monoisotopic (exact) mass is 340 g/mol. The van der Waals surface area contributed by atoms with Crippen molar-refractivity contribution in [3.63, 3.8) is 0 Å². The van der Waals surface area contributed by atoms with Gasteiger partial charge in [-0.25, -0.2) is 0 Å². The summed E-state index contributed by atoms with van der Waals surface area (Å²) in [6, 6.07) is 12.6. The molecule has 0 amide bonds. The first kappa shape index (κ1) is 18.1. The van der Waals surface area contributed by atoms with E-state index >= 15 is 0 Å². The Labute approximate surface area is 138 Å².